The summed E-state index contributed by atoms with van der Waals surface area (Å²) in [4.78, 5) is 4.49. The van der Waals surface area contributed by atoms with Gasteiger partial charge in [0.1, 0.15) is 5.69 Å². The Morgan fingerprint density at radius 3 is 2.42 bits per heavy atom. The van der Waals surface area contributed by atoms with E-state index in [4.69, 9.17) is 0 Å². The Balaban J connectivity index is 3.34. The number of halogens is 1. The van der Waals surface area contributed by atoms with Crippen LogP contribution in [0.2, 0.25) is 0 Å². The van der Waals surface area contributed by atoms with Crippen LogP contribution in [0, 0.1) is 11.7 Å². The summed E-state index contributed by atoms with van der Waals surface area (Å²) < 4.78 is 13.5. The minimum Gasteiger partial charge on any atom is -0.503 e. The zero-order valence-electron chi connectivity index (χ0n) is 12.5. The fourth-order valence-corrected chi connectivity index (χ4v) is 1.89. The van der Waals surface area contributed by atoms with Gasteiger partial charge in [0.25, 0.3) is 0 Å². The van der Waals surface area contributed by atoms with E-state index in [9.17, 15) is 9.50 Å². The molecule has 0 amide bonds. The van der Waals surface area contributed by atoms with Crippen molar-refractivity contribution in [2.75, 3.05) is 0 Å². The lowest BCUT2D eigenvalue weighted by atomic mass is 9.96. The topological polar surface area (TPSA) is 32.6 Å². The van der Waals surface area contributed by atoms with Crippen molar-refractivity contribution in [1.82, 2.24) is 0 Å². The first-order chi connectivity index (χ1) is 8.92. The molecule has 1 N–H and O–H groups in total. The molecule has 0 aliphatic rings. The number of aliphatic imine (C=N–C) groups is 1. The predicted molar refractivity (Wildman–Crippen MR) is 79.0 cm³/mol. The lowest BCUT2D eigenvalue weighted by molar-refractivity contribution is 0.432. The fourth-order valence-electron chi connectivity index (χ4n) is 1.89. The Hall–Kier alpha value is -1.38. The summed E-state index contributed by atoms with van der Waals surface area (Å²) >= 11 is 0. The summed E-state index contributed by atoms with van der Waals surface area (Å²) in [5.74, 6) is -0.370. The fraction of sp³-hybridized carbons (Fsp3) is 0.562. The second-order valence-electron chi connectivity index (χ2n) is 5.21. The average molecular weight is 265 g/mol. The first-order valence-electron chi connectivity index (χ1n) is 6.98. The highest BCUT2D eigenvalue weighted by Gasteiger charge is 2.17. The van der Waals surface area contributed by atoms with Crippen molar-refractivity contribution in [2.45, 2.75) is 53.4 Å². The molecule has 0 radical (unpaired) electrons. The third kappa shape index (κ3) is 3.55. The van der Waals surface area contributed by atoms with E-state index in [-0.39, 0.29) is 11.7 Å². The standard InChI is InChI=1S/C16H24FNO/c1-6-10(3)12(5)18-15-13(11(4)7-2)8-9-14(17)16(15)19/h8-11,19H,6-7H2,1-5H3. The normalized spacial score (nSPS) is 15.4. The number of phenols is 1. The van der Waals surface area contributed by atoms with E-state index >= 15 is 0 Å². The largest absolute Gasteiger partial charge is 0.503 e. The number of benzene rings is 1. The molecular formula is C16H24FNO. The smallest absolute Gasteiger partial charge is 0.177 e. The molecule has 2 nitrogen and oxygen atoms in total. The molecule has 1 aromatic carbocycles. The predicted octanol–water partition coefficient (Wildman–Crippen LogP) is 5.18. The number of hydrogen-bond donors (Lipinski definition) is 1. The van der Waals surface area contributed by atoms with E-state index in [0.717, 1.165) is 24.1 Å². The van der Waals surface area contributed by atoms with Gasteiger partial charge in [-0.25, -0.2) is 4.39 Å². The average Bonchev–Trinajstić information content (AvgIpc) is 2.42. The van der Waals surface area contributed by atoms with Gasteiger partial charge in [-0.05, 0) is 43.2 Å². The number of hydrogen-bond acceptors (Lipinski definition) is 2. The van der Waals surface area contributed by atoms with Crippen LogP contribution in [0.25, 0.3) is 0 Å². The van der Waals surface area contributed by atoms with Gasteiger partial charge in [0.15, 0.2) is 11.6 Å². The van der Waals surface area contributed by atoms with E-state index in [1.165, 1.54) is 6.07 Å². The summed E-state index contributed by atoms with van der Waals surface area (Å²) in [6.07, 6.45) is 1.90. The lowest BCUT2D eigenvalue weighted by Crippen LogP contribution is -2.05. The molecule has 0 aliphatic heterocycles. The van der Waals surface area contributed by atoms with Crippen molar-refractivity contribution >= 4 is 11.4 Å². The summed E-state index contributed by atoms with van der Waals surface area (Å²) in [5.41, 5.74) is 2.23. The SMILES string of the molecule is CCC(C)C(C)=Nc1c(C(C)CC)ccc(F)c1O. The molecule has 0 fully saturated rings. The first kappa shape index (κ1) is 15.7. The van der Waals surface area contributed by atoms with Crippen LogP contribution in [0.5, 0.6) is 5.75 Å². The molecule has 19 heavy (non-hydrogen) atoms. The molecule has 0 aliphatic carbocycles. The molecule has 0 spiro atoms. The first-order valence-corrected chi connectivity index (χ1v) is 6.98. The molecule has 0 bridgehead atoms. The zero-order chi connectivity index (χ0) is 14.6. The Morgan fingerprint density at radius 1 is 1.26 bits per heavy atom. The van der Waals surface area contributed by atoms with Crippen LogP contribution in [-0.2, 0) is 0 Å². The van der Waals surface area contributed by atoms with Crippen LogP contribution in [0.3, 0.4) is 0 Å². The van der Waals surface area contributed by atoms with E-state index in [1.807, 2.05) is 6.92 Å². The summed E-state index contributed by atoms with van der Waals surface area (Å²) in [7, 11) is 0. The van der Waals surface area contributed by atoms with Crippen LogP contribution >= 0.6 is 0 Å². The molecule has 0 aromatic heterocycles. The zero-order valence-corrected chi connectivity index (χ0v) is 12.5. The maximum Gasteiger partial charge on any atom is 0.177 e. The van der Waals surface area contributed by atoms with Crippen molar-refractivity contribution < 1.29 is 9.50 Å². The van der Waals surface area contributed by atoms with Crippen molar-refractivity contribution in [3.63, 3.8) is 0 Å². The summed E-state index contributed by atoms with van der Waals surface area (Å²) in [6.45, 7) is 10.2. The quantitative estimate of drug-likeness (QED) is 0.731. The minimum atomic E-state index is -0.609. The van der Waals surface area contributed by atoms with Crippen LogP contribution < -0.4 is 0 Å². The van der Waals surface area contributed by atoms with E-state index in [2.05, 4.69) is 32.7 Å². The second-order valence-corrected chi connectivity index (χ2v) is 5.21. The van der Waals surface area contributed by atoms with E-state index in [0.29, 0.717) is 11.6 Å². The van der Waals surface area contributed by atoms with Gasteiger partial charge >= 0.3 is 0 Å². The van der Waals surface area contributed by atoms with Gasteiger partial charge in [-0.3, -0.25) is 4.99 Å². The van der Waals surface area contributed by atoms with Gasteiger partial charge in [0, 0.05) is 5.71 Å². The third-order valence-corrected chi connectivity index (χ3v) is 3.89. The molecule has 0 heterocycles. The van der Waals surface area contributed by atoms with Crippen molar-refractivity contribution in [3.8, 4) is 5.75 Å². The van der Waals surface area contributed by atoms with Crippen molar-refractivity contribution in [1.29, 1.82) is 0 Å². The molecule has 3 heteroatoms. The number of phenolic OH excluding ortho intramolecular Hbond substituents is 1. The highest BCUT2D eigenvalue weighted by Crippen LogP contribution is 2.38. The summed E-state index contributed by atoms with van der Waals surface area (Å²) in [5, 5.41) is 9.94. The van der Waals surface area contributed by atoms with Gasteiger partial charge in [0.2, 0.25) is 0 Å². The van der Waals surface area contributed by atoms with Crippen LogP contribution in [0.1, 0.15) is 58.9 Å². The number of nitrogens with zero attached hydrogens (tertiary/aromatic N) is 1. The maximum atomic E-state index is 13.5. The molecule has 1 rings (SSSR count). The van der Waals surface area contributed by atoms with Crippen molar-refractivity contribution in [2.24, 2.45) is 10.9 Å². The maximum absolute atomic E-state index is 13.5. The Kier molecular flexibility index (Phi) is 5.52. The summed E-state index contributed by atoms with van der Waals surface area (Å²) in [6, 6.07) is 3.04. The van der Waals surface area contributed by atoms with Gasteiger partial charge < -0.3 is 5.11 Å². The van der Waals surface area contributed by atoms with Gasteiger partial charge in [0.05, 0.1) is 0 Å². The monoisotopic (exact) mass is 265 g/mol. The minimum absolute atomic E-state index is 0.245. The molecule has 2 unspecified atom stereocenters. The second kappa shape index (κ2) is 6.69. The molecule has 0 saturated carbocycles. The highest BCUT2D eigenvalue weighted by molar-refractivity contribution is 5.87. The Labute approximate surface area is 115 Å². The highest BCUT2D eigenvalue weighted by atomic mass is 19.1. The Bertz CT molecular complexity index is 468. The van der Waals surface area contributed by atoms with E-state index < -0.39 is 5.82 Å². The van der Waals surface area contributed by atoms with Crippen LogP contribution in [-0.4, -0.2) is 10.8 Å². The van der Waals surface area contributed by atoms with Crippen molar-refractivity contribution in [3.05, 3.63) is 23.5 Å². The molecule has 2 atom stereocenters. The van der Waals surface area contributed by atoms with Gasteiger partial charge in [-0.1, -0.05) is 33.8 Å². The van der Waals surface area contributed by atoms with Crippen LogP contribution in [0.15, 0.2) is 17.1 Å². The number of rotatable bonds is 5. The third-order valence-electron chi connectivity index (χ3n) is 3.89. The molecule has 106 valence electrons. The number of aromatic hydroxyl groups is 1. The van der Waals surface area contributed by atoms with Gasteiger partial charge in [-0.15, -0.1) is 0 Å². The van der Waals surface area contributed by atoms with E-state index in [1.54, 1.807) is 6.07 Å². The Morgan fingerprint density at radius 2 is 1.89 bits per heavy atom. The molecule has 1 aromatic rings. The lowest BCUT2D eigenvalue weighted by Gasteiger charge is -2.16. The van der Waals surface area contributed by atoms with Gasteiger partial charge in [-0.2, -0.15) is 0 Å². The van der Waals surface area contributed by atoms with Crippen LogP contribution in [0.4, 0.5) is 10.1 Å². The molecule has 0 saturated heterocycles. The molecular weight excluding hydrogens is 241 g/mol.